The van der Waals surface area contributed by atoms with Crippen LogP contribution < -0.4 is 11.1 Å². The van der Waals surface area contributed by atoms with E-state index in [2.05, 4.69) is 5.32 Å². The SMILES string of the molecule is Cl.Cl.N[C@H]1C[C@H]2CC[C@H](N2)[C@H]1O. The fourth-order valence-electron chi connectivity index (χ4n) is 2.07. The molecule has 4 N–H and O–H groups in total. The highest BCUT2D eigenvalue weighted by atomic mass is 35.5. The predicted molar refractivity (Wildman–Crippen MR) is 53.0 cm³/mol. The summed E-state index contributed by atoms with van der Waals surface area (Å²) in [5, 5.41) is 12.8. The van der Waals surface area contributed by atoms with Gasteiger partial charge in [0.05, 0.1) is 6.10 Å². The van der Waals surface area contributed by atoms with Gasteiger partial charge in [0.25, 0.3) is 0 Å². The average Bonchev–Trinajstić information content (AvgIpc) is 2.29. The van der Waals surface area contributed by atoms with Crippen LogP contribution >= 0.6 is 24.8 Å². The molecular weight excluding hydrogens is 199 g/mol. The van der Waals surface area contributed by atoms with Gasteiger partial charge >= 0.3 is 0 Å². The summed E-state index contributed by atoms with van der Waals surface area (Å²) in [5.74, 6) is 0. The number of fused-ring (bicyclic) bond motifs is 2. The molecule has 0 unspecified atom stereocenters. The number of nitrogens with one attached hydrogen (secondary N) is 1. The van der Waals surface area contributed by atoms with Crippen LogP contribution in [-0.2, 0) is 0 Å². The van der Waals surface area contributed by atoms with Crippen LogP contribution in [0.2, 0.25) is 0 Å². The Morgan fingerprint density at radius 1 is 1.25 bits per heavy atom. The molecule has 0 radical (unpaired) electrons. The number of aliphatic hydroxyl groups is 1. The lowest BCUT2D eigenvalue weighted by Gasteiger charge is -2.31. The van der Waals surface area contributed by atoms with Crippen molar-refractivity contribution >= 4 is 24.8 Å². The summed E-state index contributed by atoms with van der Waals surface area (Å²) in [6.07, 6.45) is 2.92. The predicted octanol–water partition coefficient (Wildman–Crippen LogP) is 0.0425. The van der Waals surface area contributed by atoms with E-state index in [1.54, 1.807) is 0 Å². The molecule has 2 aliphatic rings. The number of rotatable bonds is 0. The van der Waals surface area contributed by atoms with Gasteiger partial charge in [-0.25, -0.2) is 0 Å². The van der Waals surface area contributed by atoms with E-state index in [0.717, 1.165) is 12.8 Å². The van der Waals surface area contributed by atoms with Crippen molar-refractivity contribution in [2.75, 3.05) is 0 Å². The molecule has 2 rings (SSSR count). The van der Waals surface area contributed by atoms with E-state index in [0.29, 0.717) is 6.04 Å². The minimum absolute atomic E-state index is 0. The van der Waals surface area contributed by atoms with E-state index >= 15 is 0 Å². The van der Waals surface area contributed by atoms with Crippen LogP contribution in [0.1, 0.15) is 19.3 Å². The second-order valence-electron chi connectivity index (χ2n) is 3.44. The van der Waals surface area contributed by atoms with Gasteiger partial charge in [-0.2, -0.15) is 0 Å². The Hall–Kier alpha value is 0.460. The lowest BCUT2D eigenvalue weighted by molar-refractivity contribution is 0.0830. The first kappa shape index (κ1) is 12.5. The summed E-state index contributed by atoms with van der Waals surface area (Å²) in [7, 11) is 0. The molecule has 74 valence electrons. The highest BCUT2D eigenvalue weighted by Crippen LogP contribution is 2.25. The maximum atomic E-state index is 9.48. The van der Waals surface area contributed by atoms with E-state index < -0.39 is 0 Å². The second-order valence-corrected chi connectivity index (χ2v) is 3.44. The van der Waals surface area contributed by atoms with Crippen LogP contribution in [0, 0.1) is 0 Å². The van der Waals surface area contributed by atoms with Gasteiger partial charge in [-0.3, -0.25) is 0 Å². The minimum atomic E-state index is -0.307. The molecule has 0 aromatic rings. The Morgan fingerprint density at radius 3 is 2.58 bits per heavy atom. The molecule has 5 heteroatoms. The molecule has 0 spiro atoms. The Labute approximate surface area is 84.9 Å². The largest absolute Gasteiger partial charge is 0.390 e. The van der Waals surface area contributed by atoms with Crippen LogP contribution in [0.3, 0.4) is 0 Å². The van der Waals surface area contributed by atoms with Gasteiger partial charge < -0.3 is 16.2 Å². The van der Waals surface area contributed by atoms with Crippen molar-refractivity contribution in [1.82, 2.24) is 5.32 Å². The van der Waals surface area contributed by atoms with Crippen molar-refractivity contribution in [3.8, 4) is 0 Å². The quantitative estimate of drug-likeness (QED) is 0.534. The van der Waals surface area contributed by atoms with Crippen molar-refractivity contribution in [2.45, 2.75) is 43.5 Å². The summed E-state index contributed by atoms with van der Waals surface area (Å²) >= 11 is 0. The smallest absolute Gasteiger partial charge is 0.0844 e. The van der Waals surface area contributed by atoms with Crippen LogP contribution in [0.15, 0.2) is 0 Å². The van der Waals surface area contributed by atoms with E-state index in [9.17, 15) is 5.11 Å². The molecular formula is C7H16Cl2N2O. The van der Waals surface area contributed by atoms with Crippen molar-refractivity contribution < 1.29 is 5.11 Å². The Morgan fingerprint density at radius 2 is 1.92 bits per heavy atom. The molecule has 3 nitrogen and oxygen atoms in total. The molecule has 0 saturated carbocycles. The summed E-state index contributed by atoms with van der Waals surface area (Å²) in [4.78, 5) is 0. The summed E-state index contributed by atoms with van der Waals surface area (Å²) in [6, 6.07) is 0.885. The molecule has 0 aliphatic carbocycles. The summed E-state index contributed by atoms with van der Waals surface area (Å²) in [6.45, 7) is 0. The third-order valence-electron chi connectivity index (χ3n) is 2.68. The first-order valence-electron chi connectivity index (χ1n) is 3.97. The fourth-order valence-corrected chi connectivity index (χ4v) is 2.07. The highest BCUT2D eigenvalue weighted by molar-refractivity contribution is 5.85. The zero-order chi connectivity index (χ0) is 7.14. The normalized spacial score (nSPS) is 44.5. The van der Waals surface area contributed by atoms with Crippen LogP contribution in [0.5, 0.6) is 0 Å². The van der Waals surface area contributed by atoms with Crippen molar-refractivity contribution in [3.63, 3.8) is 0 Å². The number of aliphatic hydroxyl groups excluding tert-OH is 1. The number of hydrogen-bond acceptors (Lipinski definition) is 3. The Kier molecular flexibility index (Phi) is 4.81. The average molecular weight is 215 g/mol. The van der Waals surface area contributed by atoms with Crippen LogP contribution in [0.25, 0.3) is 0 Å². The summed E-state index contributed by atoms with van der Waals surface area (Å²) in [5.41, 5.74) is 5.71. The zero-order valence-electron chi connectivity index (χ0n) is 6.77. The van der Waals surface area contributed by atoms with Crippen molar-refractivity contribution in [3.05, 3.63) is 0 Å². The van der Waals surface area contributed by atoms with E-state index in [1.807, 2.05) is 0 Å². The third-order valence-corrected chi connectivity index (χ3v) is 2.68. The highest BCUT2D eigenvalue weighted by Gasteiger charge is 2.38. The van der Waals surface area contributed by atoms with Crippen LogP contribution in [-0.4, -0.2) is 29.3 Å². The first-order valence-corrected chi connectivity index (χ1v) is 3.97. The monoisotopic (exact) mass is 214 g/mol. The third kappa shape index (κ3) is 2.03. The standard InChI is InChI=1S/C7H14N2O.2ClH/c8-5-3-4-1-2-6(9-4)7(5)10;;/h4-7,9-10H,1-3,8H2;2*1H/t4-,5+,6+,7+;;/m1../s1. The van der Waals surface area contributed by atoms with Gasteiger partial charge in [0.1, 0.15) is 0 Å². The molecule has 0 amide bonds. The maximum absolute atomic E-state index is 9.48. The van der Waals surface area contributed by atoms with Crippen molar-refractivity contribution in [2.24, 2.45) is 5.73 Å². The molecule has 2 bridgehead atoms. The molecule has 0 aromatic carbocycles. The second kappa shape index (κ2) is 4.63. The van der Waals surface area contributed by atoms with E-state index in [4.69, 9.17) is 5.73 Å². The molecule has 2 fully saturated rings. The molecule has 2 saturated heterocycles. The minimum Gasteiger partial charge on any atom is -0.390 e. The fraction of sp³-hybridized carbons (Fsp3) is 1.00. The lowest BCUT2D eigenvalue weighted by Crippen LogP contribution is -2.55. The van der Waals surface area contributed by atoms with Gasteiger partial charge in [0, 0.05) is 18.1 Å². The Balaban J connectivity index is 0.000000605. The lowest BCUT2D eigenvalue weighted by atomic mass is 9.98. The summed E-state index contributed by atoms with van der Waals surface area (Å²) < 4.78 is 0. The molecule has 0 aromatic heterocycles. The van der Waals surface area contributed by atoms with Crippen LogP contribution in [0.4, 0.5) is 0 Å². The van der Waals surface area contributed by atoms with Gasteiger partial charge in [0.15, 0.2) is 0 Å². The van der Waals surface area contributed by atoms with E-state index in [1.165, 1.54) is 6.42 Å². The molecule has 4 atom stereocenters. The number of piperidine rings is 1. The number of nitrogens with two attached hydrogens (primary N) is 1. The molecule has 12 heavy (non-hydrogen) atoms. The molecule has 2 aliphatic heterocycles. The molecule has 2 heterocycles. The van der Waals surface area contributed by atoms with E-state index in [-0.39, 0.29) is 43.0 Å². The maximum Gasteiger partial charge on any atom is 0.0844 e. The van der Waals surface area contributed by atoms with Crippen molar-refractivity contribution in [1.29, 1.82) is 0 Å². The topological polar surface area (TPSA) is 58.3 Å². The van der Waals surface area contributed by atoms with Gasteiger partial charge in [-0.05, 0) is 19.3 Å². The first-order chi connectivity index (χ1) is 4.77. The number of halogens is 2. The van der Waals surface area contributed by atoms with Gasteiger partial charge in [0.2, 0.25) is 0 Å². The Bertz CT molecular complexity index is 147. The van der Waals surface area contributed by atoms with Gasteiger partial charge in [-0.15, -0.1) is 24.8 Å². The zero-order valence-corrected chi connectivity index (χ0v) is 8.40. The number of hydrogen-bond donors (Lipinski definition) is 3. The van der Waals surface area contributed by atoms with Gasteiger partial charge in [-0.1, -0.05) is 0 Å².